The van der Waals surface area contributed by atoms with Gasteiger partial charge in [0, 0.05) is 28.6 Å². The minimum atomic E-state index is 0.463. The molecule has 0 aromatic heterocycles. The number of benzene rings is 1. The Kier molecular flexibility index (Phi) is 4.69. The van der Waals surface area contributed by atoms with E-state index in [1.165, 1.54) is 0 Å². The van der Waals surface area contributed by atoms with Crippen molar-refractivity contribution in [2.75, 3.05) is 20.3 Å². The molecule has 0 bridgehead atoms. The molecule has 2 atom stereocenters. The molecule has 1 heterocycles. The first-order valence-electron chi connectivity index (χ1n) is 5.89. The third kappa shape index (κ3) is 3.35. The zero-order valence-electron chi connectivity index (χ0n) is 9.88. The molecule has 1 aromatic carbocycles. The maximum Gasteiger partial charge on any atom is 0.0512 e. The molecule has 0 spiro atoms. The van der Waals surface area contributed by atoms with Gasteiger partial charge in [-0.3, -0.25) is 0 Å². The summed E-state index contributed by atoms with van der Waals surface area (Å²) in [5.41, 5.74) is 1.11. The first-order chi connectivity index (χ1) is 8.20. The average molecular weight is 274 g/mol. The predicted octanol–water partition coefficient (Wildman–Crippen LogP) is 3.16. The Labute approximate surface area is 112 Å². The van der Waals surface area contributed by atoms with Crippen LogP contribution in [0.1, 0.15) is 12.0 Å². The van der Waals surface area contributed by atoms with Gasteiger partial charge in [-0.15, -0.1) is 0 Å². The van der Waals surface area contributed by atoms with E-state index >= 15 is 0 Å². The molecule has 1 fully saturated rings. The Balaban J connectivity index is 2.10. The topological polar surface area (TPSA) is 21.3 Å². The Bertz CT molecular complexity index is 384. The summed E-state index contributed by atoms with van der Waals surface area (Å²) in [6.07, 6.45) is 1.96. The second kappa shape index (κ2) is 6.05. The van der Waals surface area contributed by atoms with Gasteiger partial charge in [-0.2, -0.15) is 0 Å². The number of nitrogens with one attached hydrogen (secondary N) is 1. The lowest BCUT2D eigenvalue weighted by atomic mass is 9.89. The molecule has 0 radical (unpaired) electrons. The molecular formula is C13H17Cl2NO. The van der Waals surface area contributed by atoms with Crippen molar-refractivity contribution in [1.29, 1.82) is 0 Å². The Morgan fingerprint density at radius 3 is 3.00 bits per heavy atom. The number of hydrogen-bond acceptors (Lipinski definition) is 2. The van der Waals surface area contributed by atoms with E-state index in [0.29, 0.717) is 12.0 Å². The fraction of sp³-hybridized carbons (Fsp3) is 0.538. The number of rotatable bonds is 3. The van der Waals surface area contributed by atoms with Crippen molar-refractivity contribution in [3.63, 3.8) is 0 Å². The second-order valence-corrected chi connectivity index (χ2v) is 5.30. The van der Waals surface area contributed by atoms with Crippen molar-refractivity contribution in [3.8, 4) is 0 Å². The van der Waals surface area contributed by atoms with Crippen molar-refractivity contribution in [1.82, 2.24) is 5.32 Å². The highest BCUT2D eigenvalue weighted by Gasteiger charge is 2.25. The quantitative estimate of drug-likeness (QED) is 0.914. The van der Waals surface area contributed by atoms with Gasteiger partial charge in [0.2, 0.25) is 0 Å². The zero-order valence-corrected chi connectivity index (χ0v) is 11.4. The maximum atomic E-state index is 6.19. The molecule has 1 aliphatic rings. The van der Waals surface area contributed by atoms with Gasteiger partial charge >= 0.3 is 0 Å². The first kappa shape index (κ1) is 13.2. The van der Waals surface area contributed by atoms with E-state index in [2.05, 4.69) is 5.32 Å². The van der Waals surface area contributed by atoms with Crippen molar-refractivity contribution in [3.05, 3.63) is 33.8 Å². The zero-order chi connectivity index (χ0) is 12.3. The van der Waals surface area contributed by atoms with E-state index < -0.39 is 0 Å². The number of ether oxygens (including phenoxy) is 1. The summed E-state index contributed by atoms with van der Waals surface area (Å²) in [6.45, 7) is 1.62. The van der Waals surface area contributed by atoms with Gasteiger partial charge in [-0.05, 0) is 43.7 Å². The van der Waals surface area contributed by atoms with Crippen molar-refractivity contribution < 1.29 is 4.74 Å². The molecule has 1 aromatic rings. The fourth-order valence-corrected chi connectivity index (χ4v) is 2.75. The third-order valence-electron chi connectivity index (χ3n) is 3.33. The van der Waals surface area contributed by atoms with E-state index in [9.17, 15) is 0 Å². The molecule has 0 unspecified atom stereocenters. The van der Waals surface area contributed by atoms with Gasteiger partial charge in [0.1, 0.15) is 0 Å². The Hall–Kier alpha value is -0.280. The van der Waals surface area contributed by atoms with Gasteiger partial charge in [-0.1, -0.05) is 23.2 Å². The lowest BCUT2D eigenvalue weighted by molar-refractivity contribution is 0.0342. The Morgan fingerprint density at radius 2 is 2.24 bits per heavy atom. The van der Waals surface area contributed by atoms with Gasteiger partial charge in [0.15, 0.2) is 0 Å². The smallest absolute Gasteiger partial charge is 0.0512 e. The van der Waals surface area contributed by atoms with Crippen LogP contribution in [0.4, 0.5) is 0 Å². The van der Waals surface area contributed by atoms with E-state index in [0.717, 1.165) is 41.7 Å². The molecule has 17 heavy (non-hydrogen) atoms. The van der Waals surface area contributed by atoms with Crippen molar-refractivity contribution in [2.45, 2.75) is 18.9 Å². The van der Waals surface area contributed by atoms with Crippen LogP contribution in [0.2, 0.25) is 10.0 Å². The van der Waals surface area contributed by atoms with Crippen LogP contribution >= 0.6 is 23.2 Å². The largest absolute Gasteiger partial charge is 0.381 e. The van der Waals surface area contributed by atoms with Crippen LogP contribution in [0.25, 0.3) is 0 Å². The number of hydrogen-bond donors (Lipinski definition) is 1. The molecule has 94 valence electrons. The lowest BCUT2D eigenvalue weighted by Crippen LogP contribution is -2.41. The van der Waals surface area contributed by atoms with Crippen LogP contribution in [-0.4, -0.2) is 26.3 Å². The predicted molar refractivity (Wildman–Crippen MR) is 71.9 cm³/mol. The molecule has 2 rings (SSSR count). The van der Waals surface area contributed by atoms with Crippen LogP contribution in [0.3, 0.4) is 0 Å². The molecule has 1 aliphatic heterocycles. The SMILES string of the molecule is CN[C@@H]1CCOC[C@@H]1Cc1cc(Cl)ccc1Cl. The molecule has 1 N–H and O–H groups in total. The second-order valence-electron chi connectivity index (χ2n) is 4.46. The Morgan fingerprint density at radius 1 is 1.41 bits per heavy atom. The summed E-state index contributed by atoms with van der Waals surface area (Å²) in [5, 5.41) is 4.88. The van der Waals surface area contributed by atoms with E-state index in [-0.39, 0.29) is 0 Å². The average Bonchev–Trinajstić information content (AvgIpc) is 2.34. The van der Waals surface area contributed by atoms with Gasteiger partial charge in [-0.25, -0.2) is 0 Å². The van der Waals surface area contributed by atoms with E-state index in [4.69, 9.17) is 27.9 Å². The van der Waals surface area contributed by atoms with Crippen LogP contribution in [0, 0.1) is 5.92 Å². The minimum absolute atomic E-state index is 0.463. The van der Waals surface area contributed by atoms with Crippen LogP contribution in [-0.2, 0) is 11.2 Å². The molecule has 2 nitrogen and oxygen atoms in total. The summed E-state index contributed by atoms with van der Waals surface area (Å²) >= 11 is 12.2. The normalized spacial score (nSPS) is 24.9. The summed E-state index contributed by atoms with van der Waals surface area (Å²) in [6, 6.07) is 6.13. The van der Waals surface area contributed by atoms with Gasteiger partial charge < -0.3 is 10.1 Å². The van der Waals surface area contributed by atoms with Crippen LogP contribution in [0.5, 0.6) is 0 Å². The van der Waals surface area contributed by atoms with Crippen LogP contribution in [0.15, 0.2) is 18.2 Å². The minimum Gasteiger partial charge on any atom is -0.381 e. The first-order valence-corrected chi connectivity index (χ1v) is 6.65. The summed E-state index contributed by atoms with van der Waals surface area (Å²) in [7, 11) is 2.00. The highest BCUT2D eigenvalue weighted by Crippen LogP contribution is 2.26. The molecule has 1 saturated heterocycles. The summed E-state index contributed by atoms with van der Waals surface area (Å²) in [5.74, 6) is 0.463. The van der Waals surface area contributed by atoms with Crippen molar-refractivity contribution in [2.24, 2.45) is 5.92 Å². The standard InChI is InChI=1S/C13H17Cl2NO/c1-16-13-4-5-17-8-10(13)6-9-7-11(14)2-3-12(9)15/h2-3,7,10,13,16H,4-6,8H2,1H3/t10-,13+/m0/s1. The molecule has 0 aliphatic carbocycles. The van der Waals surface area contributed by atoms with E-state index in [1.54, 1.807) is 0 Å². The van der Waals surface area contributed by atoms with Gasteiger partial charge in [0.05, 0.1) is 6.61 Å². The van der Waals surface area contributed by atoms with Gasteiger partial charge in [0.25, 0.3) is 0 Å². The molecular weight excluding hydrogens is 257 g/mol. The highest BCUT2D eigenvalue weighted by atomic mass is 35.5. The summed E-state index contributed by atoms with van der Waals surface area (Å²) in [4.78, 5) is 0. The molecule has 0 saturated carbocycles. The van der Waals surface area contributed by atoms with Crippen molar-refractivity contribution >= 4 is 23.2 Å². The molecule has 0 amide bonds. The number of halogens is 2. The van der Waals surface area contributed by atoms with E-state index in [1.807, 2.05) is 25.2 Å². The summed E-state index contributed by atoms with van der Waals surface area (Å²) < 4.78 is 5.54. The highest BCUT2D eigenvalue weighted by molar-refractivity contribution is 6.33. The monoisotopic (exact) mass is 273 g/mol. The maximum absolute atomic E-state index is 6.19. The fourth-order valence-electron chi connectivity index (χ4n) is 2.36. The third-order valence-corrected chi connectivity index (χ3v) is 3.94. The molecule has 4 heteroatoms. The lowest BCUT2D eigenvalue weighted by Gasteiger charge is -2.31. The van der Waals surface area contributed by atoms with Crippen LogP contribution < -0.4 is 5.32 Å².